The molecule has 0 spiro atoms. The Morgan fingerprint density at radius 1 is 1.73 bits per heavy atom. The first-order chi connectivity index (χ1) is 6.59. The third kappa shape index (κ3) is 0.920. The van der Waals surface area contributed by atoms with Gasteiger partial charge in [-0.1, -0.05) is 0 Å². The number of imidazole rings is 1. The van der Waals surface area contributed by atoms with Crippen LogP contribution >= 0.6 is 0 Å². The second kappa shape index (κ2) is 2.23. The van der Waals surface area contributed by atoms with E-state index in [2.05, 4.69) is 15.1 Å². The van der Waals surface area contributed by atoms with Gasteiger partial charge in [0.25, 0.3) is 0 Å². The van der Waals surface area contributed by atoms with Crippen LogP contribution < -0.4 is 0 Å². The normalized spacial score (nSPS) is 15.5. The Labute approximate surface area is 68.1 Å². The molecule has 0 aliphatic carbocycles. The van der Waals surface area contributed by atoms with E-state index in [0.717, 1.165) is 4.68 Å². The summed E-state index contributed by atoms with van der Waals surface area (Å²) in [6, 6.07) is 1.62. The molecule has 2 heterocycles. The van der Waals surface area contributed by atoms with E-state index in [1.165, 1.54) is 12.5 Å². The predicted octanol–water partition coefficient (Wildman–Crippen LogP) is 0.810. The van der Waals surface area contributed by atoms with Crippen molar-refractivity contribution < 1.29 is 4.11 Å². The van der Waals surface area contributed by atoms with Gasteiger partial charge < -0.3 is 4.98 Å². The molecule has 0 aliphatic heterocycles. The third-order valence-electron chi connectivity index (χ3n) is 1.42. The lowest BCUT2D eigenvalue weighted by atomic mass is 10.3. The molecule has 2 aromatic heterocycles. The van der Waals surface area contributed by atoms with Crippen molar-refractivity contribution in [3.8, 4) is 11.4 Å². The molecule has 0 bridgehead atoms. The molecule has 0 amide bonds. The summed E-state index contributed by atoms with van der Waals surface area (Å²) in [7, 11) is 0. The molecular weight excluding hydrogens is 140 g/mol. The standard InChI is InChI=1S/C7H8N4/c1-11-7(2-3-10-11)6-4-8-5-9-6/h2-5H,1H3,(H,8,9)/i1D3. The number of aryl methyl sites for hydroxylation is 1. The molecule has 2 aromatic rings. The molecule has 4 nitrogen and oxygen atoms in total. The van der Waals surface area contributed by atoms with Gasteiger partial charge in [0.1, 0.15) is 0 Å². The summed E-state index contributed by atoms with van der Waals surface area (Å²) in [6.45, 7) is -2.26. The second-order valence-corrected chi connectivity index (χ2v) is 2.09. The van der Waals surface area contributed by atoms with Crippen molar-refractivity contribution in [3.63, 3.8) is 0 Å². The zero-order valence-electron chi connectivity index (χ0n) is 8.65. The second-order valence-electron chi connectivity index (χ2n) is 2.09. The molecule has 0 atom stereocenters. The van der Waals surface area contributed by atoms with Crippen LogP contribution in [0.25, 0.3) is 11.4 Å². The summed E-state index contributed by atoms with van der Waals surface area (Å²) in [5.41, 5.74) is 1.14. The fourth-order valence-corrected chi connectivity index (χ4v) is 0.903. The van der Waals surface area contributed by atoms with Gasteiger partial charge in [0.15, 0.2) is 0 Å². The van der Waals surface area contributed by atoms with E-state index in [1.807, 2.05) is 0 Å². The molecule has 0 fully saturated rings. The van der Waals surface area contributed by atoms with E-state index in [1.54, 1.807) is 12.3 Å². The largest absolute Gasteiger partial charge is 0.343 e. The minimum atomic E-state index is -2.26. The first-order valence-corrected chi connectivity index (χ1v) is 3.12. The highest BCUT2D eigenvalue weighted by Crippen LogP contribution is 2.12. The molecule has 0 aliphatic rings. The molecule has 2 rings (SSSR count). The molecule has 0 unspecified atom stereocenters. The lowest BCUT2D eigenvalue weighted by Gasteiger charge is -1.95. The van der Waals surface area contributed by atoms with Gasteiger partial charge in [-0.15, -0.1) is 0 Å². The summed E-state index contributed by atoms with van der Waals surface area (Å²) in [5, 5.41) is 3.75. The van der Waals surface area contributed by atoms with Crippen LogP contribution in [0, 0.1) is 0 Å². The average molecular weight is 151 g/mol. The smallest absolute Gasteiger partial charge is 0.0924 e. The van der Waals surface area contributed by atoms with E-state index >= 15 is 0 Å². The summed E-state index contributed by atoms with van der Waals surface area (Å²) >= 11 is 0. The molecule has 11 heavy (non-hydrogen) atoms. The van der Waals surface area contributed by atoms with Crippen LogP contribution in [0.15, 0.2) is 24.8 Å². The Kier molecular flexibility index (Phi) is 0.752. The summed E-state index contributed by atoms with van der Waals surface area (Å²) < 4.78 is 22.7. The van der Waals surface area contributed by atoms with Crippen LogP contribution in [0.3, 0.4) is 0 Å². The SMILES string of the molecule is [2H]C([2H])([2H])n1nccc1-c1cnc[nH]1. The van der Waals surface area contributed by atoms with Crippen LogP contribution in [0.4, 0.5) is 0 Å². The van der Waals surface area contributed by atoms with Gasteiger partial charge in [-0.25, -0.2) is 4.98 Å². The summed E-state index contributed by atoms with van der Waals surface area (Å²) in [6.07, 6.45) is 4.49. The number of H-pyrrole nitrogens is 1. The van der Waals surface area contributed by atoms with Crippen molar-refractivity contribution in [2.45, 2.75) is 0 Å². The molecule has 0 saturated heterocycles. The van der Waals surface area contributed by atoms with Crippen molar-refractivity contribution in [1.82, 2.24) is 19.7 Å². The number of aromatic nitrogens is 4. The molecule has 56 valence electrons. The monoisotopic (exact) mass is 151 g/mol. The van der Waals surface area contributed by atoms with Gasteiger partial charge in [-0.05, 0) is 6.07 Å². The highest BCUT2D eigenvalue weighted by molar-refractivity contribution is 5.52. The van der Waals surface area contributed by atoms with Crippen molar-refractivity contribution in [2.24, 2.45) is 6.98 Å². The Bertz CT molecular complexity index is 414. The van der Waals surface area contributed by atoms with Crippen LogP contribution in [0.2, 0.25) is 0 Å². The number of rotatable bonds is 1. The first-order valence-electron chi connectivity index (χ1n) is 4.62. The average Bonchev–Trinajstić information content (AvgIpc) is 2.73. The minimum Gasteiger partial charge on any atom is -0.343 e. The van der Waals surface area contributed by atoms with Gasteiger partial charge in [0.2, 0.25) is 0 Å². The molecule has 4 heteroatoms. The zero-order valence-corrected chi connectivity index (χ0v) is 5.65. The van der Waals surface area contributed by atoms with Crippen molar-refractivity contribution in [2.75, 3.05) is 0 Å². The van der Waals surface area contributed by atoms with Gasteiger partial charge in [-0.3, -0.25) is 4.68 Å². The minimum absolute atomic E-state index is 0.502. The maximum atomic E-state index is 7.23. The van der Waals surface area contributed by atoms with Crippen LogP contribution in [0.5, 0.6) is 0 Å². The summed E-state index contributed by atoms with van der Waals surface area (Å²) in [5.74, 6) is 0. The fourth-order valence-electron chi connectivity index (χ4n) is 0.903. The van der Waals surface area contributed by atoms with Crippen LogP contribution in [-0.2, 0) is 6.98 Å². The Morgan fingerprint density at radius 2 is 2.73 bits per heavy atom. The number of nitrogens with one attached hydrogen (secondary N) is 1. The fraction of sp³-hybridized carbons (Fsp3) is 0.143. The maximum Gasteiger partial charge on any atom is 0.0924 e. The van der Waals surface area contributed by atoms with Crippen molar-refractivity contribution >= 4 is 0 Å². The number of nitrogens with zero attached hydrogens (tertiary/aromatic N) is 3. The Morgan fingerprint density at radius 3 is 3.45 bits per heavy atom. The highest BCUT2D eigenvalue weighted by Gasteiger charge is 2.01. The molecule has 0 radical (unpaired) electrons. The van der Waals surface area contributed by atoms with Crippen LogP contribution in [-0.4, -0.2) is 19.7 Å². The van der Waals surface area contributed by atoms with Crippen molar-refractivity contribution in [3.05, 3.63) is 24.8 Å². The molecular formula is C7H8N4. The highest BCUT2D eigenvalue weighted by atomic mass is 15.3. The molecule has 1 N–H and O–H groups in total. The van der Waals surface area contributed by atoms with Gasteiger partial charge in [-0.2, -0.15) is 5.10 Å². The Hall–Kier alpha value is -1.58. The quantitative estimate of drug-likeness (QED) is 0.655. The summed E-state index contributed by atoms with van der Waals surface area (Å²) in [4.78, 5) is 6.65. The number of aromatic amines is 1. The van der Waals surface area contributed by atoms with E-state index in [-0.39, 0.29) is 0 Å². The first kappa shape index (κ1) is 3.71. The van der Waals surface area contributed by atoms with Crippen LogP contribution in [0.1, 0.15) is 4.11 Å². The zero-order chi connectivity index (χ0) is 10.2. The van der Waals surface area contributed by atoms with E-state index in [0.29, 0.717) is 11.4 Å². The lowest BCUT2D eigenvalue weighted by molar-refractivity contribution is 0.774. The third-order valence-corrected chi connectivity index (χ3v) is 1.42. The van der Waals surface area contributed by atoms with Gasteiger partial charge in [0, 0.05) is 17.3 Å². The number of hydrogen-bond donors (Lipinski definition) is 1. The van der Waals surface area contributed by atoms with Gasteiger partial charge in [0.05, 0.1) is 23.9 Å². The molecule has 0 aromatic carbocycles. The maximum absolute atomic E-state index is 7.23. The van der Waals surface area contributed by atoms with Crippen molar-refractivity contribution in [1.29, 1.82) is 0 Å². The number of hydrogen-bond acceptors (Lipinski definition) is 2. The Balaban J connectivity index is 2.51. The van der Waals surface area contributed by atoms with E-state index < -0.39 is 6.98 Å². The molecule has 0 saturated carbocycles. The lowest BCUT2D eigenvalue weighted by Crippen LogP contribution is -1.92. The topological polar surface area (TPSA) is 46.5 Å². The van der Waals surface area contributed by atoms with E-state index in [9.17, 15) is 0 Å². The van der Waals surface area contributed by atoms with Gasteiger partial charge >= 0.3 is 0 Å². The van der Waals surface area contributed by atoms with E-state index in [4.69, 9.17) is 4.11 Å². The predicted molar refractivity (Wildman–Crippen MR) is 40.8 cm³/mol.